The third-order valence-corrected chi connectivity index (χ3v) is 4.66. The molecule has 0 amide bonds. The Balaban J connectivity index is 0.00000225. The molecule has 28 heavy (non-hydrogen) atoms. The van der Waals surface area contributed by atoms with E-state index in [1.165, 1.54) is 0 Å². The van der Waals surface area contributed by atoms with Crippen molar-refractivity contribution in [2.24, 2.45) is 0 Å². The molecule has 0 saturated carbocycles. The van der Waals surface area contributed by atoms with Crippen LogP contribution in [-0.2, 0) is 0 Å². The highest BCUT2D eigenvalue weighted by Crippen LogP contribution is 2.32. The molecule has 4 nitrogen and oxygen atoms in total. The summed E-state index contributed by atoms with van der Waals surface area (Å²) in [7, 11) is 1.64. The number of benzene rings is 3. The van der Waals surface area contributed by atoms with Crippen LogP contribution in [0.5, 0.6) is 5.75 Å². The van der Waals surface area contributed by atoms with Crippen molar-refractivity contribution in [3.8, 4) is 17.1 Å². The van der Waals surface area contributed by atoms with Crippen LogP contribution >= 0.6 is 35.6 Å². The Labute approximate surface area is 178 Å². The molecule has 3 aromatic carbocycles. The van der Waals surface area contributed by atoms with E-state index in [2.05, 4.69) is 10.3 Å². The van der Waals surface area contributed by atoms with Crippen LogP contribution in [-0.4, -0.2) is 17.1 Å². The largest absolute Gasteiger partial charge is 0.497 e. The van der Waals surface area contributed by atoms with Gasteiger partial charge in [-0.25, -0.2) is 9.97 Å². The SMILES string of the molecule is COc1cccc(Nc2nc(-c3ccc(Cl)cc3Cl)nc3ccccc23)c1.Cl. The van der Waals surface area contributed by atoms with Gasteiger partial charge in [-0.15, -0.1) is 12.4 Å². The molecule has 0 radical (unpaired) electrons. The van der Waals surface area contributed by atoms with Gasteiger partial charge in [0.05, 0.1) is 17.6 Å². The lowest BCUT2D eigenvalue weighted by atomic mass is 10.1. The molecule has 0 aliphatic carbocycles. The van der Waals surface area contributed by atoms with E-state index >= 15 is 0 Å². The monoisotopic (exact) mass is 431 g/mol. The van der Waals surface area contributed by atoms with Gasteiger partial charge in [0.2, 0.25) is 0 Å². The first kappa shape index (κ1) is 20.2. The number of anilines is 2. The molecule has 0 aliphatic heterocycles. The molecule has 0 aliphatic rings. The van der Waals surface area contributed by atoms with Gasteiger partial charge in [0.25, 0.3) is 0 Å². The van der Waals surface area contributed by atoms with Crippen molar-refractivity contribution < 1.29 is 4.74 Å². The van der Waals surface area contributed by atoms with Crippen molar-refractivity contribution in [2.75, 3.05) is 12.4 Å². The molecule has 4 rings (SSSR count). The first-order valence-corrected chi connectivity index (χ1v) is 9.03. The summed E-state index contributed by atoms with van der Waals surface area (Å²) in [5.74, 6) is 1.98. The van der Waals surface area contributed by atoms with Crippen LogP contribution in [0.15, 0.2) is 66.7 Å². The van der Waals surface area contributed by atoms with Gasteiger partial charge in [0.1, 0.15) is 11.6 Å². The second-order valence-electron chi connectivity index (χ2n) is 5.89. The number of aromatic nitrogens is 2. The van der Waals surface area contributed by atoms with Crippen molar-refractivity contribution in [1.29, 1.82) is 0 Å². The summed E-state index contributed by atoms with van der Waals surface area (Å²) in [6.07, 6.45) is 0. The molecule has 0 atom stereocenters. The first-order chi connectivity index (χ1) is 13.1. The molecule has 7 heteroatoms. The lowest BCUT2D eigenvalue weighted by Gasteiger charge is -2.12. The van der Waals surface area contributed by atoms with Crippen molar-refractivity contribution in [3.63, 3.8) is 0 Å². The number of fused-ring (bicyclic) bond motifs is 1. The zero-order chi connectivity index (χ0) is 18.8. The van der Waals surface area contributed by atoms with Crippen molar-refractivity contribution in [3.05, 3.63) is 76.8 Å². The molecule has 142 valence electrons. The van der Waals surface area contributed by atoms with E-state index in [0.717, 1.165) is 27.9 Å². The van der Waals surface area contributed by atoms with E-state index in [4.69, 9.17) is 32.9 Å². The Morgan fingerprint density at radius 1 is 0.893 bits per heavy atom. The number of methoxy groups -OCH3 is 1. The molecular weight excluding hydrogens is 417 g/mol. The van der Waals surface area contributed by atoms with Crippen LogP contribution < -0.4 is 10.1 Å². The molecule has 0 fully saturated rings. The normalized spacial score (nSPS) is 10.4. The number of nitrogens with one attached hydrogen (secondary N) is 1. The van der Waals surface area contributed by atoms with Gasteiger partial charge >= 0.3 is 0 Å². The van der Waals surface area contributed by atoms with Crippen LogP contribution in [0.2, 0.25) is 10.0 Å². The minimum atomic E-state index is 0. The van der Waals surface area contributed by atoms with Crippen LogP contribution in [0.25, 0.3) is 22.3 Å². The van der Waals surface area contributed by atoms with E-state index in [9.17, 15) is 0 Å². The minimum absolute atomic E-state index is 0. The summed E-state index contributed by atoms with van der Waals surface area (Å²) >= 11 is 12.4. The zero-order valence-electron chi connectivity index (χ0n) is 14.8. The quantitative estimate of drug-likeness (QED) is 0.386. The van der Waals surface area contributed by atoms with Gasteiger partial charge in [-0.3, -0.25) is 0 Å². The number of halogens is 3. The fraction of sp³-hybridized carbons (Fsp3) is 0.0476. The molecule has 0 bridgehead atoms. The first-order valence-electron chi connectivity index (χ1n) is 8.27. The number of ether oxygens (including phenoxy) is 1. The maximum absolute atomic E-state index is 6.37. The summed E-state index contributed by atoms with van der Waals surface area (Å²) in [5.41, 5.74) is 2.41. The molecular formula is C21H16Cl3N3O. The second-order valence-corrected chi connectivity index (χ2v) is 6.74. The van der Waals surface area contributed by atoms with Crippen molar-refractivity contribution in [1.82, 2.24) is 9.97 Å². The maximum atomic E-state index is 6.37. The van der Waals surface area contributed by atoms with E-state index in [-0.39, 0.29) is 12.4 Å². The van der Waals surface area contributed by atoms with E-state index in [1.807, 2.05) is 54.6 Å². The van der Waals surface area contributed by atoms with Gasteiger partial charge in [-0.1, -0.05) is 41.4 Å². The number of rotatable bonds is 4. The summed E-state index contributed by atoms with van der Waals surface area (Å²) in [6.45, 7) is 0. The molecule has 4 aromatic rings. The van der Waals surface area contributed by atoms with Crippen molar-refractivity contribution >= 4 is 58.0 Å². The Morgan fingerprint density at radius 2 is 1.71 bits per heavy atom. The summed E-state index contributed by atoms with van der Waals surface area (Å²) in [6, 6.07) is 20.8. The van der Waals surface area contributed by atoms with Gasteiger partial charge in [-0.05, 0) is 42.5 Å². The van der Waals surface area contributed by atoms with E-state index in [1.54, 1.807) is 19.2 Å². The third-order valence-electron chi connectivity index (χ3n) is 4.11. The summed E-state index contributed by atoms with van der Waals surface area (Å²) in [4.78, 5) is 9.39. The van der Waals surface area contributed by atoms with Gasteiger partial charge in [0, 0.05) is 27.7 Å². The lowest BCUT2D eigenvalue weighted by molar-refractivity contribution is 0.415. The Morgan fingerprint density at radius 3 is 2.50 bits per heavy atom. The topological polar surface area (TPSA) is 47.0 Å². The Kier molecular flexibility index (Phi) is 6.25. The van der Waals surface area contributed by atoms with Crippen molar-refractivity contribution in [2.45, 2.75) is 0 Å². The van der Waals surface area contributed by atoms with Crippen LogP contribution in [0.4, 0.5) is 11.5 Å². The Hall–Kier alpha value is -2.53. The van der Waals surface area contributed by atoms with Crippen LogP contribution in [0, 0.1) is 0 Å². The maximum Gasteiger partial charge on any atom is 0.163 e. The molecule has 0 spiro atoms. The van der Waals surface area contributed by atoms with Gasteiger partial charge < -0.3 is 10.1 Å². The van der Waals surface area contributed by atoms with Gasteiger partial charge in [-0.2, -0.15) is 0 Å². The zero-order valence-corrected chi connectivity index (χ0v) is 17.1. The minimum Gasteiger partial charge on any atom is -0.497 e. The molecule has 1 heterocycles. The number of para-hydroxylation sites is 1. The third kappa shape index (κ3) is 4.14. The van der Waals surface area contributed by atoms with Gasteiger partial charge in [0.15, 0.2) is 5.82 Å². The average molecular weight is 433 g/mol. The predicted molar refractivity (Wildman–Crippen MR) is 119 cm³/mol. The van der Waals surface area contributed by atoms with E-state index < -0.39 is 0 Å². The standard InChI is InChI=1S/C21H15Cl2N3O.ClH/c1-27-15-6-4-5-14(12-15)24-21-17-7-2-3-8-19(17)25-20(26-21)16-10-9-13(22)11-18(16)23;/h2-12H,1H3,(H,24,25,26);1H. The van der Waals surface area contributed by atoms with Crippen LogP contribution in [0.3, 0.4) is 0 Å². The molecule has 1 N–H and O–H groups in total. The fourth-order valence-corrected chi connectivity index (χ4v) is 3.29. The van der Waals surface area contributed by atoms with Crippen LogP contribution in [0.1, 0.15) is 0 Å². The average Bonchev–Trinajstić information content (AvgIpc) is 2.68. The molecule has 0 saturated heterocycles. The number of hydrogen-bond acceptors (Lipinski definition) is 4. The second kappa shape index (κ2) is 8.65. The summed E-state index contributed by atoms with van der Waals surface area (Å²) in [5, 5.41) is 5.35. The fourth-order valence-electron chi connectivity index (χ4n) is 2.80. The molecule has 0 unspecified atom stereocenters. The smallest absolute Gasteiger partial charge is 0.163 e. The highest BCUT2D eigenvalue weighted by molar-refractivity contribution is 6.36. The highest BCUT2D eigenvalue weighted by atomic mass is 35.5. The highest BCUT2D eigenvalue weighted by Gasteiger charge is 2.12. The number of hydrogen-bond donors (Lipinski definition) is 1. The molecule has 1 aromatic heterocycles. The lowest BCUT2D eigenvalue weighted by Crippen LogP contribution is -2.00. The van der Waals surface area contributed by atoms with E-state index in [0.29, 0.717) is 21.7 Å². The summed E-state index contributed by atoms with van der Waals surface area (Å²) < 4.78 is 5.30. The predicted octanol–water partition coefficient (Wildman–Crippen LogP) is 6.78. The number of nitrogens with zero attached hydrogens (tertiary/aromatic N) is 2. The Bertz CT molecular complexity index is 1130.